The summed E-state index contributed by atoms with van der Waals surface area (Å²) in [6.45, 7) is 16.0. The molecule has 0 saturated heterocycles. The minimum atomic E-state index is -0.598. The monoisotopic (exact) mass is 290 g/mol. The summed E-state index contributed by atoms with van der Waals surface area (Å²) in [7, 11) is 0. The zero-order valence-electron chi connectivity index (χ0n) is 13.7. The molecule has 0 aliphatic carbocycles. The molecule has 3 nitrogen and oxygen atoms in total. The van der Waals surface area contributed by atoms with Crippen LogP contribution in [-0.4, -0.2) is 22.6 Å². The van der Waals surface area contributed by atoms with Crippen molar-refractivity contribution in [2.24, 2.45) is 5.41 Å². The standard InChI is InChI=1S/C15H30O3S/c1-11(9-13(2,3)4)17-12(16)18-14(5,6)10-15(7,8)19/h11,19H,9-10H2,1-8H3. The second kappa shape index (κ2) is 6.38. The normalized spacial score (nSPS) is 15.0. The van der Waals surface area contributed by atoms with Crippen molar-refractivity contribution >= 4 is 18.8 Å². The van der Waals surface area contributed by atoms with Crippen LogP contribution in [0.15, 0.2) is 0 Å². The molecule has 0 bridgehead atoms. The fraction of sp³-hybridized carbons (Fsp3) is 0.933. The van der Waals surface area contributed by atoms with Crippen LogP contribution in [0.2, 0.25) is 0 Å². The van der Waals surface area contributed by atoms with Gasteiger partial charge in [0, 0.05) is 11.2 Å². The number of hydrogen-bond donors (Lipinski definition) is 1. The number of ether oxygens (including phenoxy) is 2. The first-order chi connectivity index (χ1) is 8.20. The van der Waals surface area contributed by atoms with Crippen molar-refractivity contribution in [3.8, 4) is 0 Å². The largest absolute Gasteiger partial charge is 0.509 e. The van der Waals surface area contributed by atoms with Gasteiger partial charge in [-0.1, -0.05) is 34.6 Å². The van der Waals surface area contributed by atoms with E-state index in [9.17, 15) is 4.79 Å². The van der Waals surface area contributed by atoms with Gasteiger partial charge in [0.15, 0.2) is 0 Å². The highest BCUT2D eigenvalue weighted by Crippen LogP contribution is 2.29. The van der Waals surface area contributed by atoms with Crippen LogP contribution in [0, 0.1) is 5.41 Å². The molecule has 4 heteroatoms. The van der Waals surface area contributed by atoms with Crippen molar-refractivity contribution in [3.63, 3.8) is 0 Å². The molecule has 0 spiro atoms. The fourth-order valence-electron chi connectivity index (χ4n) is 2.40. The summed E-state index contributed by atoms with van der Waals surface area (Å²) in [6.07, 6.45) is 0.721. The molecule has 0 N–H and O–H groups in total. The minimum Gasteiger partial charge on any atom is -0.431 e. The number of hydrogen-bond acceptors (Lipinski definition) is 4. The lowest BCUT2D eigenvalue weighted by Gasteiger charge is -2.31. The maximum atomic E-state index is 11.8. The zero-order chi connectivity index (χ0) is 15.5. The fourth-order valence-corrected chi connectivity index (χ4v) is 2.78. The predicted octanol–water partition coefficient (Wildman–Crippen LogP) is 4.84. The van der Waals surface area contributed by atoms with Gasteiger partial charge in [0.1, 0.15) is 11.7 Å². The van der Waals surface area contributed by atoms with Crippen LogP contribution in [0.3, 0.4) is 0 Å². The van der Waals surface area contributed by atoms with Crippen molar-refractivity contribution in [2.45, 2.75) is 84.7 Å². The Balaban J connectivity index is 4.31. The number of carbonyl (C=O) groups excluding carboxylic acids is 1. The number of thiol groups is 1. The van der Waals surface area contributed by atoms with E-state index in [2.05, 4.69) is 33.4 Å². The topological polar surface area (TPSA) is 35.5 Å². The van der Waals surface area contributed by atoms with E-state index in [1.807, 2.05) is 34.6 Å². The molecule has 0 heterocycles. The molecule has 0 aromatic heterocycles. The van der Waals surface area contributed by atoms with Gasteiger partial charge in [-0.25, -0.2) is 4.79 Å². The van der Waals surface area contributed by atoms with Crippen LogP contribution in [0.1, 0.15) is 68.2 Å². The smallest absolute Gasteiger partial charge is 0.431 e. The average Bonchev–Trinajstić information content (AvgIpc) is 1.89. The highest BCUT2D eigenvalue weighted by atomic mass is 32.1. The molecule has 1 atom stereocenters. The predicted molar refractivity (Wildman–Crippen MR) is 82.9 cm³/mol. The van der Waals surface area contributed by atoms with Gasteiger partial charge in [0.05, 0.1) is 0 Å². The quantitative estimate of drug-likeness (QED) is 0.581. The molecule has 0 radical (unpaired) electrons. The first-order valence-corrected chi connectivity index (χ1v) is 7.27. The van der Waals surface area contributed by atoms with E-state index in [0.29, 0.717) is 6.42 Å². The SMILES string of the molecule is CC(CC(C)(C)C)OC(=O)OC(C)(C)CC(C)(C)S. The van der Waals surface area contributed by atoms with Gasteiger partial charge in [0.25, 0.3) is 0 Å². The number of rotatable bonds is 5. The molecule has 0 aliphatic rings. The van der Waals surface area contributed by atoms with Crippen LogP contribution in [-0.2, 0) is 9.47 Å². The Morgan fingerprint density at radius 1 is 1.11 bits per heavy atom. The Labute approximate surface area is 123 Å². The highest BCUT2D eigenvalue weighted by molar-refractivity contribution is 7.81. The molecule has 0 aromatic carbocycles. The van der Waals surface area contributed by atoms with Gasteiger partial charge in [-0.15, -0.1) is 0 Å². The van der Waals surface area contributed by atoms with Crippen LogP contribution in [0.4, 0.5) is 4.79 Å². The molecule has 1 unspecified atom stereocenters. The number of carbonyl (C=O) groups is 1. The molecule has 19 heavy (non-hydrogen) atoms. The Hall–Kier alpha value is -0.380. The van der Waals surface area contributed by atoms with Crippen LogP contribution < -0.4 is 0 Å². The maximum Gasteiger partial charge on any atom is 0.509 e. The first-order valence-electron chi connectivity index (χ1n) is 6.82. The summed E-state index contributed by atoms with van der Waals surface area (Å²) in [4.78, 5) is 11.8. The van der Waals surface area contributed by atoms with E-state index in [4.69, 9.17) is 9.47 Å². The Kier molecular flexibility index (Phi) is 6.25. The lowest BCUT2D eigenvalue weighted by molar-refractivity contribution is -0.0423. The van der Waals surface area contributed by atoms with Gasteiger partial charge in [-0.3, -0.25) is 0 Å². The van der Waals surface area contributed by atoms with Gasteiger partial charge in [0.2, 0.25) is 0 Å². The van der Waals surface area contributed by atoms with Crippen molar-refractivity contribution in [1.82, 2.24) is 0 Å². The van der Waals surface area contributed by atoms with Crippen LogP contribution >= 0.6 is 12.6 Å². The maximum absolute atomic E-state index is 11.8. The Bertz CT molecular complexity index is 297. The summed E-state index contributed by atoms with van der Waals surface area (Å²) < 4.78 is 10.5. The van der Waals surface area contributed by atoms with Crippen LogP contribution in [0.5, 0.6) is 0 Å². The highest BCUT2D eigenvalue weighted by Gasteiger charge is 2.31. The molecule has 0 rings (SSSR count). The third-order valence-electron chi connectivity index (χ3n) is 2.42. The zero-order valence-corrected chi connectivity index (χ0v) is 14.6. The average molecular weight is 290 g/mol. The van der Waals surface area contributed by atoms with E-state index in [1.54, 1.807) is 0 Å². The van der Waals surface area contributed by atoms with Gasteiger partial charge in [-0.05, 0) is 32.6 Å². The van der Waals surface area contributed by atoms with E-state index in [0.717, 1.165) is 6.42 Å². The lowest BCUT2D eigenvalue weighted by atomic mass is 9.90. The summed E-state index contributed by atoms with van der Waals surface area (Å²) in [6, 6.07) is 0. The van der Waals surface area contributed by atoms with E-state index >= 15 is 0 Å². The van der Waals surface area contributed by atoms with Gasteiger partial charge >= 0.3 is 6.16 Å². The molecule has 114 valence electrons. The lowest BCUT2D eigenvalue weighted by Crippen LogP contribution is -2.35. The summed E-state index contributed by atoms with van der Waals surface area (Å²) in [5.74, 6) is 0. The third kappa shape index (κ3) is 11.2. The summed E-state index contributed by atoms with van der Waals surface area (Å²) >= 11 is 4.46. The third-order valence-corrected chi connectivity index (χ3v) is 2.57. The summed E-state index contributed by atoms with van der Waals surface area (Å²) in [5.41, 5.74) is -0.452. The van der Waals surface area contributed by atoms with Crippen molar-refractivity contribution in [1.29, 1.82) is 0 Å². The van der Waals surface area contributed by atoms with Crippen molar-refractivity contribution in [2.75, 3.05) is 0 Å². The minimum absolute atomic E-state index is 0.127. The Morgan fingerprint density at radius 2 is 1.58 bits per heavy atom. The molecule has 0 aromatic rings. The molecule has 0 fully saturated rings. The molecular formula is C15H30O3S. The molecular weight excluding hydrogens is 260 g/mol. The second-order valence-corrected chi connectivity index (χ2v) is 9.00. The van der Waals surface area contributed by atoms with Crippen molar-refractivity contribution < 1.29 is 14.3 Å². The van der Waals surface area contributed by atoms with Gasteiger partial charge in [-0.2, -0.15) is 12.6 Å². The second-order valence-electron chi connectivity index (χ2n) is 7.79. The Morgan fingerprint density at radius 3 is 1.95 bits per heavy atom. The molecule has 0 aliphatic heterocycles. The van der Waals surface area contributed by atoms with Crippen molar-refractivity contribution in [3.05, 3.63) is 0 Å². The van der Waals surface area contributed by atoms with E-state index in [1.165, 1.54) is 0 Å². The van der Waals surface area contributed by atoms with E-state index < -0.39 is 11.8 Å². The molecule has 0 saturated carbocycles. The molecule has 0 amide bonds. The van der Waals surface area contributed by atoms with E-state index in [-0.39, 0.29) is 16.3 Å². The first kappa shape index (κ1) is 18.6. The van der Waals surface area contributed by atoms with Crippen LogP contribution in [0.25, 0.3) is 0 Å². The van der Waals surface area contributed by atoms with Gasteiger partial charge < -0.3 is 9.47 Å². The summed E-state index contributed by atoms with van der Waals surface area (Å²) in [5, 5.41) is 0.